The number of sulfonamides is 3. The third-order valence-corrected chi connectivity index (χ3v) is 27.7. The number of aryl methyl sites for hydroxylation is 2. The zero-order valence-corrected chi connectivity index (χ0v) is 71.9. The topological polar surface area (TPSA) is 335 Å². The van der Waals surface area contributed by atoms with E-state index in [1.165, 1.54) is 148 Å². The highest BCUT2D eigenvalue weighted by atomic mass is 32.2. The molecular weight excluding hydrogens is 1650 g/mol. The zero-order chi connectivity index (χ0) is 89.2. The molecule has 3 fully saturated rings. The number of halogens is 4. The summed E-state index contributed by atoms with van der Waals surface area (Å²) in [5.41, 5.74) is 14.3. The molecule has 0 heterocycles. The number of nitrogen functional groups attached to an aromatic ring is 1. The number of nitrogens with zero attached hydrogens (tertiary/aromatic N) is 7. The van der Waals surface area contributed by atoms with Crippen LogP contribution in [0, 0.1) is 54.2 Å². The fourth-order valence-electron chi connectivity index (χ4n) is 15.1. The Morgan fingerprint density at radius 3 is 1.11 bits per heavy atom. The molecule has 0 unspecified atom stereocenters. The maximum absolute atomic E-state index is 14.5. The van der Waals surface area contributed by atoms with Gasteiger partial charge in [0.25, 0.3) is 5.69 Å². The smallest absolute Gasteiger partial charge is 0.394 e. The summed E-state index contributed by atoms with van der Waals surface area (Å²) in [7, 11) is -9.41. The number of carboxylic acid groups (broad SMARTS) is 1. The number of nitro benzene ring substituents is 1. The number of aliphatic carboxylic acids is 1. The number of hydrogen-bond acceptors (Lipinski definition) is 16. The van der Waals surface area contributed by atoms with Gasteiger partial charge in [-0.15, -0.1) is 0 Å². The molecule has 32 heteroatoms. The molecule has 3 aliphatic rings. The number of amides is 4. The van der Waals surface area contributed by atoms with Crippen molar-refractivity contribution in [2.24, 2.45) is 0 Å². The van der Waals surface area contributed by atoms with Crippen LogP contribution < -0.4 is 30.5 Å². The van der Waals surface area contributed by atoms with Crippen LogP contribution in [0.1, 0.15) is 171 Å². The Morgan fingerprint density at radius 1 is 0.455 bits per heavy atom. The molecule has 3 saturated carbocycles. The quantitative estimate of drug-likeness (QED) is 0.00629. The molecule has 4 N–H and O–H groups in total. The molecule has 3 aliphatic carbocycles. The van der Waals surface area contributed by atoms with Crippen molar-refractivity contribution in [1.82, 2.24) is 12.9 Å². The lowest BCUT2D eigenvalue weighted by molar-refractivity contribution is -0.384. The van der Waals surface area contributed by atoms with E-state index in [2.05, 4.69) is 41.7 Å². The average molecular weight is 1750 g/mol. The first kappa shape index (κ1) is 93.7. The summed E-state index contributed by atoms with van der Waals surface area (Å²) >= 11 is 0. The van der Waals surface area contributed by atoms with Crippen molar-refractivity contribution in [3.05, 3.63) is 272 Å². The molecule has 652 valence electrons. The predicted molar refractivity (Wildman–Crippen MR) is 461 cm³/mol. The lowest BCUT2D eigenvalue weighted by Crippen LogP contribution is -2.41. The molecule has 25 nitrogen and oxygen atoms in total. The first-order valence-corrected chi connectivity index (χ1v) is 44.7. The van der Waals surface area contributed by atoms with Gasteiger partial charge in [-0.2, -0.15) is 12.9 Å². The number of ether oxygens (including phenoxy) is 1. The van der Waals surface area contributed by atoms with Crippen molar-refractivity contribution in [1.29, 1.82) is 0 Å². The monoisotopic (exact) mass is 1750 g/mol. The Kier molecular flexibility index (Phi) is 32.0. The van der Waals surface area contributed by atoms with E-state index in [4.69, 9.17) is 15.6 Å². The number of carbonyl (C=O) groups is 6. The summed E-state index contributed by atoms with van der Waals surface area (Å²) in [5, 5.41) is 22.3. The van der Waals surface area contributed by atoms with Crippen LogP contribution in [-0.4, -0.2) is 125 Å². The molecule has 9 aromatic rings. The summed E-state index contributed by atoms with van der Waals surface area (Å²) in [6, 6.07) is 53.1. The fourth-order valence-corrected chi connectivity index (χ4v) is 18.5. The number of rotatable bonds is 27. The SMILES string of the molecule is CC(=O)Oc1cc(N(Cc2ccc(C3CCCCC3)cc2)C(=O)CN(C)S(=O)(=O)c2ccc(C)cc2)ccc1NC(=O)C(=O)O.Cc1c(F)c(F)c(S(=O)(=O)N(C)CC(=O)N(Cc2ccc(C3CCCCC3)cc2)c2ccc([N+](=O)[O-])cc2)c(F)c1F.Cc1ccc(S(=O)(=O)N(C)CC(=O)N(Cc2ccc(C3CCCCC3)cc2)c2ccc(N)cc2)cc1. The van der Waals surface area contributed by atoms with Crippen molar-refractivity contribution in [3.63, 3.8) is 0 Å². The van der Waals surface area contributed by atoms with Crippen LogP contribution in [0.2, 0.25) is 0 Å². The van der Waals surface area contributed by atoms with Gasteiger partial charge in [-0.05, 0) is 183 Å². The number of non-ortho nitro benzene ring substituents is 1. The molecule has 0 aromatic heterocycles. The Balaban J connectivity index is 0.000000194. The van der Waals surface area contributed by atoms with Crippen LogP contribution in [0.25, 0.3) is 0 Å². The molecule has 0 saturated heterocycles. The third kappa shape index (κ3) is 24.2. The molecule has 0 spiro atoms. The maximum Gasteiger partial charge on any atom is 0.394 e. The molecule has 0 radical (unpaired) electrons. The number of carboxylic acids is 1. The molecule has 0 bridgehead atoms. The van der Waals surface area contributed by atoms with Crippen LogP contribution >= 0.6 is 0 Å². The van der Waals surface area contributed by atoms with E-state index in [1.54, 1.807) is 65.6 Å². The van der Waals surface area contributed by atoms with Gasteiger partial charge in [0.2, 0.25) is 47.8 Å². The minimum absolute atomic E-state index is 0.0453. The number of nitro groups is 1. The molecule has 9 aromatic carbocycles. The van der Waals surface area contributed by atoms with Gasteiger partial charge in [-0.3, -0.25) is 34.1 Å². The lowest BCUT2D eigenvalue weighted by atomic mass is 9.84. The number of carbonyl (C=O) groups excluding carboxylic acids is 5. The maximum atomic E-state index is 14.5. The van der Waals surface area contributed by atoms with E-state index in [9.17, 15) is 81.7 Å². The number of likely N-dealkylation sites (N-methyl/N-ethyl adjacent to an activating group) is 3. The Bertz CT molecular complexity index is 5600. The van der Waals surface area contributed by atoms with Crippen molar-refractivity contribution in [2.75, 3.05) is 66.5 Å². The molecule has 0 aliphatic heterocycles. The van der Waals surface area contributed by atoms with E-state index < -0.39 is 111 Å². The summed E-state index contributed by atoms with van der Waals surface area (Å²) in [6.45, 7) is 4.22. The minimum Gasteiger partial charge on any atom is -0.474 e. The number of anilines is 5. The van der Waals surface area contributed by atoms with E-state index in [1.807, 2.05) is 50.2 Å². The van der Waals surface area contributed by atoms with E-state index in [0.29, 0.717) is 41.2 Å². The van der Waals surface area contributed by atoms with Crippen molar-refractivity contribution in [2.45, 2.75) is 176 Å². The van der Waals surface area contributed by atoms with Crippen molar-refractivity contribution >= 4 is 99.8 Å². The standard InChI is InChI=1S/C33H37N3O8S.C29H29F4N3O5S.C29H35N3O3S/c1-22-9-16-28(17-10-22)45(42,43)35(3)21-31(38)36(20-24-11-13-26(14-12-24)25-7-5-4-6-8-25)27-15-18-29(34-32(39)33(40)41)30(19-27)44-23(2)37;1-18-25(30)27(32)29(28(33)26(18)31)42(40,41)34(2)17-24(37)35(22-12-14-23(15-13-22)36(38)39)16-19-8-10-21(11-9-19)20-6-4-3-5-7-20;1-22-8-18-28(19-9-22)36(34,35)31(2)21-29(33)32(27-16-14-26(30)15-17-27)20-23-10-12-25(13-11-23)24-6-4-3-5-7-24/h9-19,25H,4-8,20-21H2,1-3H3,(H,34,39)(H,40,41);8-15,20H,3-7,16-17H2,1-2H3;8-19,24H,3-7,20-21,30H2,1-2H3. The summed E-state index contributed by atoms with van der Waals surface area (Å²) in [6.07, 6.45) is 17.9. The molecule has 4 amide bonds. The summed E-state index contributed by atoms with van der Waals surface area (Å²) in [4.78, 5) is 88.6. The first-order valence-electron chi connectivity index (χ1n) is 40.4. The first-order chi connectivity index (χ1) is 58.4. The summed E-state index contributed by atoms with van der Waals surface area (Å²) < 4.78 is 144. The lowest BCUT2D eigenvalue weighted by Gasteiger charge is -2.27. The zero-order valence-electron chi connectivity index (χ0n) is 69.5. The van der Waals surface area contributed by atoms with E-state index in [0.717, 1.165) is 95.2 Å². The third-order valence-electron chi connectivity index (χ3n) is 22.3. The molecule has 123 heavy (non-hydrogen) atoms. The molecule has 12 rings (SSSR count). The highest BCUT2D eigenvalue weighted by Crippen LogP contribution is 2.39. The van der Waals surface area contributed by atoms with Crippen LogP contribution in [0.15, 0.2) is 203 Å². The van der Waals surface area contributed by atoms with Crippen LogP contribution in [0.4, 0.5) is 51.7 Å². The van der Waals surface area contributed by atoms with Gasteiger partial charge in [-0.25, -0.2) is 47.6 Å². The molecular formula is C91H101F4N9O16S3. The predicted octanol–water partition coefficient (Wildman–Crippen LogP) is 16.7. The second-order valence-corrected chi connectivity index (χ2v) is 37.3. The van der Waals surface area contributed by atoms with Gasteiger partial charge in [0.05, 0.1) is 59.7 Å². The molecule has 0 atom stereocenters. The van der Waals surface area contributed by atoms with Gasteiger partial charge in [-0.1, -0.05) is 166 Å². The van der Waals surface area contributed by atoms with Crippen LogP contribution in [0.3, 0.4) is 0 Å². The second-order valence-electron chi connectivity index (χ2n) is 31.2. The Hall–Kier alpha value is -11.6. The average Bonchev–Trinajstić information content (AvgIpc) is 0.757. The van der Waals surface area contributed by atoms with Crippen LogP contribution in [0.5, 0.6) is 5.75 Å². The number of nitrogens with two attached hydrogens (primary N) is 1. The fraction of sp³-hybridized carbons (Fsp3) is 0.341. The van der Waals surface area contributed by atoms with Gasteiger partial charge in [0.15, 0.2) is 33.9 Å². The van der Waals surface area contributed by atoms with Crippen molar-refractivity contribution < 1.29 is 86.3 Å². The van der Waals surface area contributed by atoms with Gasteiger partial charge in [0, 0.05) is 74.6 Å². The largest absolute Gasteiger partial charge is 0.474 e. The summed E-state index contributed by atoms with van der Waals surface area (Å²) in [5.74, 6) is -12.1. The second kappa shape index (κ2) is 42.0. The number of benzene rings is 9. The number of nitrogens with one attached hydrogen (secondary N) is 1. The highest BCUT2D eigenvalue weighted by Gasteiger charge is 2.37. The Morgan fingerprint density at radius 2 is 0.780 bits per heavy atom. The highest BCUT2D eigenvalue weighted by molar-refractivity contribution is 7.89. The van der Waals surface area contributed by atoms with Gasteiger partial charge >= 0.3 is 17.8 Å². The van der Waals surface area contributed by atoms with Crippen LogP contribution in [-0.2, 0) is 78.5 Å². The van der Waals surface area contributed by atoms with Gasteiger partial charge in [0.1, 0.15) is 0 Å². The van der Waals surface area contributed by atoms with E-state index >= 15 is 0 Å². The normalized spacial score (nSPS) is 14.2. The van der Waals surface area contributed by atoms with Crippen molar-refractivity contribution in [3.8, 4) is 5.75 Å². The number of hydrogen-bond donors (Lipinski definition) is 3. The Labute approximate surface area is 714 Å². The van der Waals surface area contributed by atoms with Gasteiger partial charge < -0.3 is 35.6 Å². The number of esters is 1. The van der Waals surface area contributed by atoms with E-state index in [-0.39, 0.29) is 68.1 Å². The minimum atomic E-state index is -5.22.